The number of ketones is 1. The maximum atomic E-state index is 11.5. The predicted molar refractivity (Wildman–Crippen MR) is 60.5 cm³/mol. The van der Waals surface area contributed by atoms with Crippen LogP contribution in [0.4, 0.5) is 0 Å². The van der Waals surface area contributed by atoms with E-state index in [-0.39, 0.29) is 5.78 Å². The number of carbonyl (C=O) groups excluding carboxylic acids is 1. The molecule has 0 saturated heterocycles. The molecule has 3 heteroatoms. The summed E-state index contributed by atoms with van der Waals surface area (Å²) in [6.07, 6.45) is 1.66. The van der Waals surface area contributed by atoms with Gasteiger partial charge in [0.2, 0.25) is 0 Å². The molecule has 1 aromatic rings. The Labute approximate surface area is 90.6 Å². The van der Waals surface area contributed by atoms with Crippen molar-refractivity contribution in [2.75, 3.05) is 0 Å². The Morgan fingerprint density at radius 3 is 2.54 bits per heavy atom. The van der Waals surface area contributed by atoms with Crippen molar-refractivity contribution in [3.63, 3.8) is 0 Å². The van der Waals surface area contributed by atoms with Gasteiger partial charge in [0, 0.05) is 0 Å². The molecular formula is C10H11BrOS. The van der Waals surface area contributed by atoms with Crippen LogP contribution in [-0.4, -0.2) is 5.78 Å². The van der Waals surface area contributed by atoms with Crippen molar-refractivity contribution in [2.24, 2.45) is 0 Å². The van der Waals surface area contributed by atoms with Gasteiger partial charge in [-0.3, -0.25) is 4.79 Å². The minimum Gasteiger partial charge on any atom is -0.288 e. The standard InChI is InChI=1S/C10H11BrOS/c1-6(2)4-8(12)9-5-7(3)10(11)13-9/h4-5H,1-3H3. The molecular weight excluding hydrogens is 248 g/mol. The highest BCUT2D eigenvalue weighted by atomic mass is 79.9. The summed E-state index contributed by atoms with van der Waals surface area (Å²) in [5.41, 5.74) is 2.16. The van der Waals surface area contributed by atoms with Crippen LogP contribution in [0, 0.1) is 6.92 Å². The number of halogens is 1. The molecule has 0 saturated carbocycles. The van der Waals surface area contributed by atoms with Crippen LogP contribution >= 0.6 is 27.3 Å². The van der Waals surface area contributed by atoms with Crippen molar-refractivity contribution < 1.29 is 4.79 Å². The molecule has 0 unspecified atom stereocenters. The molecule has 1 rings (SSSR count). The van der Waals surface area contributed by atoms with E-state index in [0.29, 0.717) is 0 Å². The van der Waals surface area contributed by atoms with Gasteiger partial charge in [-0.25, -0.2) is 0 Å². The Balaban J connectivity index is 2.96. The summed E-state index contributed by atoms with van der Waals surface area (Å²) < 4.78 is 1.04. The minimum absolute atomic E-state index is 0.0961. The van der Waals surface area contributed by atoms with Crippen LogP contribution in [0.3, 0.4) is 0 Å². The highest BCUT2D eigenvalue weighted by molar-refractivity contribution is 9.11. The molecule has 1 nitrogen and oxygen atoms in total. The van der Waals surface area contributed by atoms with Gasteiger partial charge in [0.25, 0.3) is 0 Å². The molecule has 0 aromatic carbocycles. The Morgan fingerprint density at radius 2 is 2.15 bits per heavy atom. The first-order valence-electron chi connectivity index (χ1n) is 3.96. The normalized spacial score (nSPS) is 9.85. The van der Waals surface area contributed by atoms with E-state index in [1.54, 1.807) is 6.08 Å². The number of thiophene rings is 1. The number of aryl methyl sites for hydroxylation is 1. The van der Waals surface area contributed by atoms with E-state index in [4.69, 9.17) is 0 Å². The lowest BCUT2D eigenvalue weighted by Crippen LogP contribution is -1.90. The van der Waals surface area contributed by atoms with Crippen LogP contribution in [0.25, 0.3) is 0 Å². The minimum atomic E-state index is 0.0961. The monoisotopic (exact) mass is 258 g/mol. The number of allylic oxidation sites excluding steroid dienone is 2. The zero-order valence-electron chi connectivity index (χ0n) is 7.85. The lowest BCUT2D eigenvalue weighted by atomic mass is 10.2. The van der Waals surface area contributed by atoms with Gasteiger partial charge in [-0.15, -0.1) is 11.3 Å². The van der Waals surface area contributed by atoms with Gasteiger partial charge in [0.15, 0.2) is 5.78 Å². The summed E-state index contributed by atoms with van der Waals surface area (Å²) in [5.74, 6) is 0.0961. The predicted octanol–water partition coefficient (Wildman–Crippen LogP) is 3.97. The van der Waals surface area contributed by atoms with E-state index in [0.717, 1.165) is 19.8 Å². The third-order valence-corrected chi connectivity index (χ3v) is 3.67. The second-order valence-corrected chi connectivity index (χ2v) is 5.52. The van der Waals surface area contributed by atoms with E-state index in [1.807, 2.05) is 26.8 Å². The largest absolute Gasteiger partial charge is 0.288 e. The SMILES string of the molecule is CC(C)=CC(=O)c1cc(C)c(Br)s1. The molecule has 0 fully saturated rings. The quantitative estimate of drug-likeness (QED) is 0.580. The van der Waals surface area contributed by atoms with E-state index in [2.05, 4.69) is 15.9 Å². The van der Waals surface area contributed by atoms with Gasteiger partial charge in [0.05, 0.1) is 8.66 Å². The lowest BCUT2D eigenvalue weighted by molar-refractivity contribution is 0.104. The number of rotatable bonds is 2. The Hall–Kier alpha value is -0.410. The molecule has 0 aliphatic rings. The molecule has 0 aliphatic carbocycles. The number of hydrogen-bond donors (Lipinski definition) is 0. The third-order valence-electron chi connectivity index (χ3n) is 1.52. The average molecular weight is 259 g/mol. The molecule has 0 aliphatic heterocycles. The topological polar surface area (TPSA) is 17.1 Å². The fourth-order valence-electron chi connectivity index (χ4n) is 0.915. The maximum Gasteiger partial charge on any atom is 0.195 e. The number of carbonyl (C=O) groups is 1. The van der Waals surface area contributed by atoms with Crippen molar-refractivity contribution >= 4 is 33.0 Å². The fraction of sp³-hybridized carbons (Fsp3) is 0.300. The molecule has 0 spiro atoms. The van der Waals surface area contributed by atoms with Gasteiger partial charge in [-0.05, 0) is 54.4 Å². The van der Waals surface area contributed by atoms with Gasteiger partial charge >= 0.3 is 0 Å². The summed E-state index contributed by atoms with van der Waals surface area (Å²) >= 11 is 4.88. The highest BCUT2D eigenvalue weighted by Gasteiger charge is 2.08. The summed E-state index contributed by atoms with van der Waals surface area (Å²) in [5, 5.41) is 0. The average Bonchev–Trinajstić information content (AvgIpc) is 2.31. The van der Waals surface area contributed by atoms with Crippen molar-refractivity contribution in [2.45, 2.75) is 20.8 Å². The van der Waals surface area contributed by atoms with Crippen LogP contribution in [0.1, 0.15) is 29.1 Å². The summed E-state index contributed by atoms with van der Waals surface area (Å²) in [7, 11) is 0. The van der Waals surface area contributed by atoms with E-state index in [9.17, 15) is 4.79 Å². The van der Waals surface area contributed by atoms with Gasteiger partial charge < -0.3 is 0 Å². The van der Waals surface area contributed by atoms with Gasteiger partial charge in [-0.1, -0.05) is 5.57 Å². The van der Waals surface area contributed by atoms with Gasteiger partial charge in [-0.2, -0.15) is 0 Å². The van der Waals surface area contributed by atoms with Crippen LogP contribution in [-0.2, 0) is 0 Å². The highest BCUT2D eigenvalue weighted by Crippen LogP contribution is 2.27. The molecule has 0 bridgehead atoms. The van der Waals surface area contributed by atoms with Crippen molar-refractivity contribution in [3.8, 4) is 0 Å². The molecule has 1 aromatic heterocycles. The van der Waals surface area contributed by atoms with Crippen LogP contribution in [0.2, 0.25) is 0 Å². The molecule has 0 N–H and O–H groups in total. The molecule has 0 radical (unpaired) electrons. The first-order chi connectivity index (χ1) is 6.00. The van der Waals surface area contributed by atoms with E-state index >= 15 is 0 Å². The summed E-state index contributed by atoms with van der Waals surface area (Å²) in [6, 6.07) is 1.91. The molecule has 1 heterocycles. The first kappa shape index (κ1) is 10.7. The number of hydrogen-bond acceptors (Lipinski definition) is 2. The smallest absolute Gasteiger partial charge is 0.195 e. The zero-order chi connectivity index (χ0) is 10.0. The van der Waals surface area contributed by atoms with Crippen LogP contribution in [0.15, 0.2) is 21.5 Å². The van der Waals surface area contributed by atoms with E-state index in [1.165, 1.54) is 11.3 Å². The second kappa shape index (κ2) is 4.20. The summed E-state index contributed by atoms with van der Waals surface area (Å²) in [6.45, 7) is 5.83. The van der Waals surface area contributed by atoms with Crippen LogP contribution in [0.5, 0.6) is 0 Å². The molecule has 13 heavy (non-hydrogen) atoms. The molecule has 0 atom stereocenters. The van der Waals surface area contributed by atoms with Gasteiger partial charge in [0.1, 0.15) is 0 Å². The zero-order valence-corrected chi connectivity index (χ0v) is 10.3. The Morgan fingerprint density at radius 1 is 1.54 bits per heavy atom. The molecule has 70 valence electrons. The molecule has 0 amide bonds. The lowest BCUT2D eigenvalue weighted by Gasteiger charge is -1.89. The van der Waals surface area contributed by atoms with Crippen molar-refractivity contribution in [1.82, 2.24) is 0 Å². The summed E-state index contributed by atoms with van der Waals surface area (Å²) in [4.78, 5) is 12.3. The second-order valence-electron chi connectivity index (χ2n) is 3.15. The Bertz CT molecular complexity index is 340. The fourth-order valence-corrected chi connectivity index (χ4v) is 2.36. The Kier molecular flexibility index (Phi) is 3.45. The maximum absolute atomic E-state index is 11.5. The first-order valence-corrected chi connectivity index (χ1v) is 5.57. The van der Waals surface area contributed by atoms with Crippen molar-refractivity contribution in [3.05, 3.63) is 31.9 Å². The van der Waals surface area contributed by atoms with Crippen molar-refractivity contribution in [1.29, 1.82) is 0 Å². The third kappa shape index (κ3) is 2.78. The van der Waals surface area contributed by atoms with E-state index < -0.39 is 0 Å². The van der Waals surface area contributed by atoms with Crippen LogP contribution < -0.4 is 0 Å².